The molecule has 0 fully saturated rings. The molecule has 182 valence electrons. The molecular weight excluding hydrogens is 464 g/mol. The van der Waals surface area contributed by atoms with Gasteiger partial charge in [0.15, 0.2) is 5.76 Å². The minimum atomic E-state index is -0.296. The maximum Gasteiger partial charge on any atom is 0.287 e. The second-order valence-electron chi connectivity index (χ2n) is 8.37. The van der Waals surface area contributed by atoms with E-state index in [4.69, 9.17) is 4.42 Å². The molecule has 0 saturated carbocycles. The van der Waals surface area contributed by atoms with E-state index in [0.29, 0.717) is 24.4 Å². The van der Waals surface area contributed by atoms with Gasteiger partial charge in [0.1, 0.15) is 5.76 Å². The van der Waals surface area contributed by atoms with Crippen molar-refractivity contribution in [2.75, 3.05) is 4.90 Å². The molecule has 0 aliphatic carbocycles. The van der Waals surface area contributed by atoms with Gasteiger partial charge in [-0.3, -0.25) is 19.6 Å². The molecule has 37 heavy (non-hydrogen) atoms. The first-order chi connectivity index (χ1) is 18.2. The van der Waals surface area contributed by atoms with Gasteiger partial charge in [-0.1, -0.05) is 24.3 Å². The third-order valence-corrected chi connectivity index (χ3v) is 5.83. The van der Waals surface area contributed by atoms with Gasteiger partial charge in [-0.15, -0.1) is 0 Å². The number of carbonyl (C=O) groups is 2. The van der Waals surface area contributed by atoms with E-state index in [1.807, 2.05) is 66.7 Å². The summed E-state index contributed by atoms with van der Waals surface area (Å²) < 4.78 is 5.82. The molecule has 0 atom stereocenters. The monoisotopic (exact) mass is 488 g/mol. The Morgan fingerprint density at radius 2 is 1.54 bits per heavy atom. The van der Waals surface area contributed by atoms with Crippen LogP contribution in [0.1, 0.15) is 32.0 Å². The van der Waals surface area contributed by atoms with Gasteiger partial charge in [0.25, 0.3) is 11.8 Å². The van der Waals surface area contributed by atoms with Crippen LogP contribution in [0.25, 0.3) is 11.3 Å². The minimum absolute atomic E-state index is 0.108. The number of hydrogen-bond donors (Lipinski definition) is 1. The average molecular weight is 489 g/mol. The Kier molecular flexibility index (Phi) is 7.13. The molecule has 0 bridgehead atoms. The Bertz CT molecular complexity index is 1470. The molecule has 1 N–H and O–H groups in total. The molecule has 5 aromatic rings. The van der Waals surface area contributed by atoms with Gasteiger partial charge < -0.3 is 14.6 Å². The minimum Gasteiger partial charge on any atom is -0.451 e. The summed E-state index contributed by atoms with van der Waals surface area (Å²) >= 11 is 0. The van der Waals surface area contributed by atoms with Gasteiger partial charge in [0, 0.05) is 48.1 Å². The van der Waals surface area contributed by atoms with Crippen LogP contribution in [0.3, 0.4) is 0 Å². The summed E-state index contributed by atoms with van der Waals surface area (Å²) in [5.74, 6) is 0.388. The summed E-state index contributed by atoms with van der Waals surface area (Å²) in [5.41, 5.74) is 4.01. The van der Waals surface area contributed by atoms with Crippen LogP contribution in [0.2, 0.25) is 0 Å². The van der Waals surface area contributed by atoms with Crippen LogP contribution >= 0.6 is 0 Å². The van der Waals surface area contributed by atoms with E-state index in [2.05, 4.69) is 15.3 Å². The van der Waals surface area contributed by atoms with Crippen molar-refractivity contribution in [3.8, 4) is 11.3 Å². The van der Waals surface area contributed by atoms with Crippen LogP contribution in [0.4, 0.5) is 5.69 Å². The fraction of sp³-hybridized carbons (Fsp3) is 0.0667. The molecule has 3 heterocycles. The van der Waals surface area contributed by atoms with Crippen molar-refractivity contribution >= 4 is 17.5 Å². The maximum absolute atomic E-state index is 13.4. The van der Waals surface area contributed by atoms with E-state index in [9.17, 15) is 9.59 Å². The smallest absolute Gasteiger partial charge is 0.287 e. The van der Waals surface area contributed by atoms with Crippen molar-refractivity contribution in [2.45, 2.75) is 13.1 Å². The molecule has 3 aromatic heterocycles. The third-order valence-electron chi connectivity index (χ3n) is 5.83. The van der Waals surface area contributed by atoms with Crippen molar-refractivity contribution in [2.24, 2.45) is 0 Å². The number of amides is 2. The largest absolute Gasteiger partial charge is 0.451 e. The second kappa shape index (κ2) is 11.1. The lowest BCUT2D eigenvalue weighted by atomic mass is 10.1. The number of aromatic nitrogens is 2. The van der Waals surface area contributed by atoms with Gasteiger partial charge in [-0.05, 0) is 77.9 Å². The van der Waals surface area contributed by atoms with E-state index >= 15 is 0 Å². The Labute approximate surface area is 214 Å². The van der Waals surface area contributed by atoms with Gasteiger partial charge >= 0.3 is 0 Å². The van der Waals surface area contributed by atoms with Gasteiger partial charge in [-0.2, -0.15) is 0 Å². The lowest BCUT2D eigenvalue weighted by Crippen LogP contribution is -2.30. The molecule has 0 saturated heterocycles. The first-order valence-electron chi connectivity index (χ1n) is 11.8. The highest BCUT2D eigenvalue weighted by molar-refractivity contribution is 6.06. The van der Waals surface area contributed by atoms with E-state index in [0.717, 1.165) is 22.4 Å². The summed E-state index contributed by atoms with van der Waals surface area (Å²) in [6, 6.07) is 27.6. The maximum atomic E-state index is 13.4. The molecule has 7 heteroatoms. The Hall–Kier alpha value is -5.04. The summed E-state index contributed by atoms with van der Waals surface area (Å²) in [5, 5.41) is 2.85. The van der Waals surface area contributed by atoms with Gasteiger partial charge in [0.05, 0.1) is 6.54 Å². The molecule has 5 rings (SSSR count). The second-order valence-corrected chi connectivity index (χ2v) is 8.37. The highest BCUT2D eigenvalue weighted by Gasteiger charge is 2.19. The van der Waals surface area contributed by atoms with Crippen LogP contribution in [-0.4, -0.2) is 21.8 Å². The standard InChI is InChI=1S/C30H24N4O3/c35-29(33-20-22-14-17-31-18-15-22)28-13-12-27(37-28)24-8-10-26(11-9-24)34(21-23-5-4-16-32-19-23)30(36)25-6-2-1-3-7-25/h1-19H,20-21H2,(H,33,35). The van der Waals surface area contributed by atoms with Crippen LogP contribution in [-0.2, 0) is 13.1 Å². The first kappa shape index (κ1) is 23.7. The first-order valence-corrected chi connectivity index (χ1v) is 11.8. The average Bonchev–Trinajstić information content (AvgIpc) is 3.47. The normalized spacial score (nSPS) is 10.6. The number of rotatable bonds is 8. The number of benzene rings is 2. The number of pyridine rings is 2. The molecule has 0 aliphatic rings. The Morgan fingerprint density at radius 3 is 2.27 bits per heavy atom. The zero-order valence-corrected chi connectivity index (χ0v) is 20.0. The molecule has 2 aromatic carbocycles. The Morgan fingerprint density at radius 1 is 0.757 bits per heavy atom. The Balaban J connectivity index is 1.33. The number of furan rings is 1. The SMILES string of the molecule is O=C(NCc1ccncc1)c1ccc(-c2ccc(N(Cc3cccnc3)C(=O)c3ccccc3)cc2)o1. The van der Waals surface area contributed by atoms with Crippen molar-refractivity contribution in [1.82, 2.24) is 15.3 Å². The molecule has 0 radical (unpaired) electrons. The predicted octanol–water partition coefficient (Wildman–Crippen LogP) is 5.51. The van der Waals surface area contributed by atoms with E-state index < -0.39 is 0 Å². The summed E-state index contributed by atoms with van der Waals surface area (Å²) in [6.07, 6.45) is 6.82. The molecule has 0 unspecified atom stereocenters. The van der Waals surface area contributed by atoms with Crippen molar-refractivity contribution in [1.29, 1.82) is 0 Å². The zero-order valence-electron chi connectivity index (χ0n) is 20.0. The number of hydrogen-bond acceptors (Lipinski definition) is 5. The zero-order chi connectivity index (χ0) is 25.5. The quantitative estimate of drug-likeness (QED) is 0.311. The highest BCUT2D eigenvalue weighted by Crippen LogP contribution is 2.27. The number of nitrogens with zero attached hydrogens (tertiary/aromatic N) is 3. The lowest BCUT2D eigenvalue weighted by Gasteiger charge is -2.23. The summed E-state index contributed by atoms with van der Waals surface area (Å²) in [6.45, 7) is 0.762. The third kappa shape index (κ3) is 5.79. The van der Waals surface area contributed by atoms with Crippen molar-refractivity contribution < 1.29 is 14.0 Å². The van der Waals surface area contributed by atoms with Crippen molar-refractivity contribution in [3.05, 3.63) is 138 Å². The predicted molar refractivity (Wildman–Crippen MR) is 141 cm³/mol. The van der Waals surface area contributed by atoms with Crippen molar-refractivity contribution in [3.63, 3.8) is 0 Å². The fourth-order valence-corrected chi connectivity index (χ4v) is 3.88. The molecule has 7 nitrogen and oxygen atoms in total. The number of nitrogens with one attached hydrogen (secondary N) is 1. The van der Waals surface area contributed by atoms with Gasteiger partial charge in [-0.25, -0.2) is 0 Å². The number of carbonyl (C=O) groups excluding carboxylic acids is 2. The van der Waals surface area contributed by atoms with E-state index in [1.165, 1.54) is 0 Å². The highest BCUT2D eigenvalue weighted by atomic mass is 16.3. The van der Waals surface area contributed by atoms with Gasteiger partial charge in [0.2, 0.25) is 0 Å². The topological polar surface area (TPSA) is 88.3 Å². The van der Waals surface area contributed by atoms with E-state index in [-0.39, 0.29) is 17.6 Å². The van der Waals surface area contributed by atoms with E-state index in [1.54, 1.807) is 54.0 Å². The number of anilines is 1. The van der Waals surface area contributed by atoms with Crippen LogP contribution in [0, 0.1) is 0 Å². The molecular formula is C30H24N4O3. The van der Waals surface area contributed by atoms with Crippen LogP contribution in [0.5, 0.6) is 0 Å². The molecule has 2 amide bonds. The summed E-state index contributed by atoms with van der Waals surface area (Å²) in [7, 11) is 0. The molecule has 0 aliphatic heterocycles. The van der Waals surface area contributed by atoms with Crippen LogP contribution in [0.15, 0.2) is 120 Å². The lowest BCUT2D eigenvalue weighted by molar-refractivity contribution is 0.0923. The van der Waals surface area contributed by atoms with Crippen LogP contribution < -0.4 is 10.2 Å². The molecule has 0 spiro atoms. The fourth-order valence-electron chi connectivity index (χ4n) is 3.88. The summed E-state index contributed by atoms with van der Waals surface area (Å²) in [4.78, 5) is 35.8.